The lowest BCUT2D eigenvalue weighted by Gasteiger charge is -2.19. The molecular formula is C28H31ClN2O7. The number of benzene rings is 3. The number of hydrogen-bond acceptors (Lipinski definition) is 9. The van der Waals surface area contributed by atoms with Crippen molar-refractivity contribution >= 4 is 22.6 Å². The zero-order chi connectivity index (χ0) is 28.0. The molecule has 0 atom stereocenters. The number of ether oxygens (including phenoxy) is 1. The highest BCUT2D eigenvalue weighted by molar-refractivity contribution is 6.01. The van der Waals surface area contributed by atoms with Crippen LogP contribution in [-0.2, 0) is 4.74 Å². The summed E-state index contributed by atoms with van der Waals surface area (Å²) in [7, 11) is -4.69. The van der Waals surface area contributed by atoms with Crippen LogP contribution >= 0.6 is 0 Å². The maximum absolute atomic E-state index is 12.8. The van der Waals surface area contributed by atoms with Crippen molar-refractivity contribution < 1.29 is 42.8 Å². The summed E-state index contributed by atoms with van der Waals surface area (Å²) < 4.78 is 44.5. The average molecular weight is 543 g/mol. The standard InChI is InChI=1S/C28H30N2O3.ClHO4/c1-6-29-23-15-25-19(13-17(23)4)14-22-26(33-25)16-24(30-7-2)18(5)27(22)20-11-9-10-12-21(20)28(31)32-8-3;2-1(3,4)5/h9-16,29H,6-8H2,1-5H3;(H,2,3,4,5). The molecule has 0 fully saturated rings. The third-order valence-corrected chi connectivity index (χ3v) is 5.83. The molecule has 2 N–H and O–H groups in total. The van der Waals surface area contributed by atoms with Gasteiger partial charge in [-0.1, -0.05) is 18.2 Å². The third kappa shape index (κ3) is 6.89. The number of halogens is 1. The Morgan fingerprint density at radius 1 is 1.05 bits per heavy atom. The minimum absolute atomic E-state index is 0.325. The van der Waals surface area contributed by atoms with Gasteiger partial charge in [0, 0.05) is 41.9 Å². The van der Waals surface area contributed by atoms with Gasteiger partial charge in [-0.2, -0.15) is 14.0 Å². The molecule has 0 bridgehead atoms. The van der Waals surface area contributed by atoms with Crippen LogP contribution in [0, 0.1) is 24.1 Å². The van der Waals surface area contributed by atoms with Gasteiger partial charge >= 0.3 is 5.97 Å². The topological polar surface area (TPSA) is 153 Å². The normalized spacial score (nSPS) is 11.9. The van der Waals surface area contributed by atoms with Crippen LogP contribution in [0.2, 0.25) is 0 Å². The fraction of sp³-hybridized carbons (Fsp3) is 0.286. The van der Waals surface area contributed by atoms with Gasteiger partial charge in [0.05, 0.1) is 32.4 Å². The predicted molar refractivity (Wildman–Crippen MR) is 136 cm³/mol. The molecule has 0 unspecified atom stereocenters. The van der Waals surface area contributed by atoms with Gasteiger partial charge < -0.3 is 14.5 Å². The van der Waals surface area contributed by atoms with E-state index >= 15 is 0 Å². The van der Waals surface area contributed by atoms with Gasteiger partial charge in [0.2, 0.25) is 0 Å². The first kappa shape index (κ1) is 29.1. The SMILES string of the molecule is CCN=c1cc2oc3cc(NCC)c(C)cc3cc-2c(-c2ccccc2C(=O)OCC)c1C.[O-][Cl+3]([O-])([O-])O. The molecule has 38 heavy (non-hydrogen) atoms. The number of hydrogen-bond donors (Lipinski definition) is 2. The van der Waals surface area contributed by atoms with Crippen LogP contribution < -0.4 is 24.7 Å². The Kier molecular flexibility index (Phi) is 9.48. The second-order valence-electron chi connectivity index (χ2n) is 8.43. The van der Waals surface area contributed by atoms with E-state index in [0.29, 0.717) is 18.7 Å². The highest BCUT2D eigenvalue weighted by Gasteiger charge is 2.22. The van der Waals surface area contributed by atoms with Crippen molar-refractivity contribution in [2.24, 2.45) is 4.99 Å². The number of rotatable bonds is 6. The summed E-state index contributed by atoms with van der Waals surface area (Å²) in [6.45, 7) is 11.9. The molecule has 0 saturated heterocycles. The van der Waals surface area contributed by atoms with Gasteiger partial charge in [0.15, 0.2) is 0 Å². The lowest BCUT2D eigenvalue weighted by molar-refractivity contribution is -1.92. The van der Waals surface area contributed by atoms with E-state index in [2.05, 4.69) is 44.3 Å². The lowest BCUT2D eigenvalue weighted by Crippen LogP contribution is -2.58. The van der Waals surface area contributed by atoms with Crippen LogP contribution in [0.1, 0.15) is 42.3 Å². The minimum atomic E-state index is -4.69. The van der Waals surface area contributed by atoms with Crippen molar-refractivity contribution in [2.75, 3.05) is 25.0 Å². The molecule has 1 heterocycles. The van der Waals surface area contributed by atoms with Gasteiger partial charge in [0.25, 0.3) is 0 Å². The number of carbonyl (C=O) groups is 1. The van der Waals surface area contributed by atoms with Crippen LogP contribution in [0.5, 0.6) is 0 Å². The van der Waals surface area contributed by atoms with Crippen molar-refractivity contribution in [1.29, 1.82) is 0 Å². The summed E-state index contributed by atoms with van der Waals surface area (Å²) in [5.41, 5.74) is 7.29. The number of fused-ring (bicyclic) bond motifs is 2. The van der Waals surface area contributed by atoms with Crippen LogP contribution in [0.3, 0.4) is 0 Å². The smallest absolute Gasteiger partial charge is 0.338 e. The molecular weight excluding hydrogens is 512 g/mol. The Labute approximate surface area is 223 Å². The Balaban J connectivity index is 0.000000732. The molecule has 0 radical (unpaired) electrons. The first-order valence-corrected chi connectivity index (χ1v) is 13.4. The Bertz CT molecular complexity index is 1470. The molecule has 4 rings (SSSR count). The second kappa shape index (κ2) is 12.4. The van der Waals surface area contributed by atoms with Gasteiger partial charge in [-0.3, -0.25) is 4.99 Å². The molecule has 0 saturated carbocycles. The average Bonchev–Trinajstić information content (AvgIpc) is 2.84. The van der Waals surface area contributed by atoms with Crippen molar-refractivity contribution in [3.63, 3.8) is 0 Å². The third-order valence-electron chi connectivity index (χ3n) is 5.83. The number of aryl methyl sites for hydroxylation is 1. The summed E-state index contributed by atoms with van der Waals surface area (Å²) in [5.74, 6) is 0.405. The van der Waals surface area contributed by atoms with Crippen LogP contribution in [0.15, 0.2) is 57.9 Å². The van der Waals surface area contributed by atoms with E-state index in [1.807, 2.05) is 44.2 Å². The fourth-order valence-corrected chi connectivity index (χ4v) is 4.33. The zero-order valence-corrected chi connectivity index (χ0v) is 22.7. The number of anilines is 1. The second-order valence-corrected chi connectivity index (χ2v) is 9.22. The Morgan fingerprint density at radius 3 is 2.37 bits per heavy atom. The van der Waals surface area contributed by atoms with E-state index in [4.69, 9.17) is 32.8 Å². The maximum atomic E-state index is 12.8. The van der Waals surface area contributed by atoms with Crippen molar-refractivity contribution in [1.82, 2.24) is 0 Å². The molecule has 10 heteroatoms. The summed E-state index contributed by atoms with van der Waals surface area (Å²) in [6.07, 6.45) is 0. The number of nitrogens with one attached hydrogen (secondary N) is 1. The molecule has 2 aromatic carbocycles. The quantitative estimate of drug-likeness (QED) is 0.278. The first-order chi connectivity index (χ1) is 18.0. The van der Waals surface area contributed by atoms with Gasteiger partial charge in [-0.25, -0.2) is 4.79 Å². The molecule has 2 aliphatic rings. The molecule has 1 aliphatic heterocycles. The van der Waals surface area contributed by atoms with Crippen molar-refractivity contribution in [2.45, 2.75) is 34.6 Å². The number of carbonyl (C=O) groups excluding carboxylic acids is 1. The van der Waals surface area contributed by atoms with Crippen LogP contribution in [0.4, 0.5) is 5.69 Å². The number of esters is 1. The van der Waals surface area contributed by atoms with Crippen LogP contribution in [-0.4, -0.2) is 30.3 Å². The predicted octanol–water partition coefficient (Wildman–Crippen LogP) is 2.23. The molecule has 2 aromatic rings. The van der Waals surface area contributed by atoms with E-state index in [1.54, 1.807) is 0 Å². The van der Waals surface area contributed by atoms with E-state index in [9.17, 15) is 4.79 Å². The summed E-state index contributed by atoms with van der Waals surface area (Å²) >= 11 is 0. The fourth-order valence-electron chi connectivity index (χ4n) is 4.33. The summed E-state index contributed by atoms with van der Waals surface area (Å²) in [5, 5.41) is 5.27. The highest BCUT2D eigenvalue weighted by atomic mass is 35.7. The Morgan fingerprint density at radius 2 is 1.74 bits per heavy atom. The highest BCUT2D eigenvalue weighted by Crippen LogP contribution is 2.39. The van der Waals surface area contributed by atoms with E-state index in [-0.39, 0.29) is 5.97 Å². The van der Waals surface area contributed by atoms with Gasteiger partial charge in [-0.05, 0) is 75.1 Å². The van der Waals surface area contributed by atoms with Crippen LogP contribution in [0.25, 0.3) is 33.4 Å². The van der Waals surface area contributed by atoms with Crippen molar-refractivity contribution in [3.05, 3.63) is 70.6 Å². The number of nitrogens with zero attached hydrogens (tertiary/aromatic N) is 1. The maximum Gasteiger partial charge on any atom is 0.338 e. The largest absolute Gasteiger partial charge is 0.462 e. The molecule has 0 aromatic heterocycles. The van der Waals surface area contributed by atoms with Gasteiger partial charge in [0.1, 0.15) is 11.3 Å². The lowest BCUT2D eigenvalue weighted by atomic mass is 9.88. The minimum Gasteiger partial charge on any atom is -0.462 e. The molecule has 1 aliphatic carbocycles. The van der Waals surface area contributed by atoms with E-state index in [1.165, 1.54) is 0 Å². The Hall–Kier alpha value is -3.47. The molecule has 0 spiro atoms. The molecule has 202 valence electrons. The zero-order valence-electron chi connectivity index (χ0n) is 22.0. The molecule has 9 nitrogen and oxygen atoms in total. The van der Waals surface area contributed by atoms with E-state index in [0.717, 1.165) is 62.1 Å². The summed E-state index contributed by atoms with van der Waals surface area (Å²) in [4.78, 5) is 17.5. The first-order valence-electron chi connectivity index (χ1n) is 12.1. The monoisotopic (exact) mass is 542 g/mol. The van der Waals surface area contributed by atoms with E-state index < -0.39 is 10.2 Å². The molecule has 0 amide bonds. The summed E-state index contributed by atoms with van der Waals surface area (Å²) in [6, 6.07) is 15.9. The van der Waals surface area contributed by atoms with Crippen molar-refractivity contribution in [3.8, 4) is 22.5 Å². The van der Waals surface area contributed by atoms with Gasteiger partial charge in [-0.15, -0.1) is 0 Å².